The Labute approximate surface area is 148 Å². The number of hydrogen-bond acceptors (Lipinski definition) is 5. The second-order valence-electron chi connectivity index (χ2n) is 6.30. The molecule has 1 aliphatic heterocycles. The van der Waals surface area contributed by atoms with Crippen LogP contribution in [-0.2, 0) is 13.1 Å². The summed E-state index contributed by atoms with van der Waals surface area (Å²) < 4.78 is 1.97. The summed E-state index contributed by atoms with van der Waals surface area (Å²) in [6, 6.07) is 3.85. The van der Waals surface area contributed by atoms with E-state index in [0.29, 0.717) is 5.69 Å². The number of aryl methyl sites for hydroxylation is 1. The van der Waals surface area contributed by atoms with Gasteiger partial charge in [0.2, 0.25) is 0 Å². The molecule has 0 aromatic carbocycles. The van der Waals surface area contributed by atoms with Crippen molar-refractivity contribution in [3.05, 3.63) is 42.0 Å². The van der Waals surface area contributed by atoms with Gasteiger partial charge in [-0.05, 0) is 25.5 Å². The van der Waals surface area contributed by atoms with Crippen molar-refractivity contribution in [1.82, 2.24) is 25.0 Å². The topological polar surface area (TPSA) is 66.3 Å². The monoisotopic (exact) mass is 342 g/mol. The van der Waals surface area contributed by atoms with E-state index in [1.54, 1.807) is 13.2 Å². The number of amides is 1. The standard InChI is InChI=1S/C18H26N6O/c1-3-24-14-15(12-21-24)13-22-7-4-8-23(10-9-22)16-5-6-20-17(11-16)18(25)19-2/h5-6,11-12,14H,3-4,7-10,13H2,1-2H3,(H,19,25). The average Bonchev–Trinajstić information content (AvgIpc) is 2.98. The maximum Gasteiger partial charge on any atom is 0.269 e. The van der Waals surface area contributed by atoms with Crippen molar-refractivity contribution in [1.29, 1.82) is 0 Å². The summed E-state index contributed by atoms with van der Waals surface area (Å²) in [6.07, 6.45) is 6.90. The van der Waals surface area contributed by atoms with Gasteiger partial charge in [-0.3, -0.25) is 19.4 Å². The van der Waals surface area contributed by atoms with Crippen LogP contribution < -0.4 is 10.2 Å². The van der Waals surface area contributed by atoms with E-state index in [4.69, 9.17) is 0 Å². The minimum absolute atomic E-state index is 0.147. The van der Waals surface area contributed by atoms with E-state index >= 15 is 0 Å². The van der Waals surface area contributed by atoms with E-state index in [1.165, 1.54) is 5.56 Å². The van der Waals surface area contributed by atoms with E-state index in [0.717, 1.165) is 51.4 Å². The summed E-state index contributed by atoms with van der Waals surface area (Å²) in [7, 11) is 1.63. The minimum Gasteiger partial charge on any atom is -0.370 e. The highest BCUT2D eigenvalue weighted by Crippen LogP contribution is 2.18. The number of carbonyl (C=O) groups excluding carboxylic acids is 1. The van der Waals surface area contributed by atoms with Gasteiger partial charge in [-0.2, -0.15) is 5.10 Å². The van der Waals surface area contributed by atoms with Crippen LogP contribution in [-0.4, -0.2) is 58.8 Å². The molecular formula is C18H26N6O. The summed E-state index contributed by atoms with van der Waals surface area (Å²) in [5.41, 5.74) is 2.79. The van der Waals surface area contributed by atoms with Crippen molar-refractivity contribution in [3.63, 3.8) is 0 Å². The number of nitrogens with one attached hydrogen (secondary N) is 1. The Balaban J connectivity index is 1.62. The first kappa shape index (κ1) is 17.4. The van der Waals surface area contributed by atoms with Gasteiger partial charge in [0, 0.05) is 70.0 Å². The molecule has 0 aliphatic carbocycles. The second-order valence-corrected chi connectivity index (χ2v) is 6.30. The molecule has 1 N–H and O–H groups in total. The van der Waals surface area contributed by atoms with Gasteiger partial charge in [-0.25, -0.2) is 0 Å². The summed E-state index contributed by atoms with van der Waals surface area (Å²) in [4.78, 5) is 20.7. The highest BCUT2D eigenvalue weighted by atomic mass is 16.1. The van der Waals surface area contributed by atoms with E-state index < -0.39 is 0 Å². The van der Waals surface area contributed by atoms with Crippen LogP contribution in [0.2, 0.25) is 0 Å². The number of carbonyl (C=O) groups is 1. The fraction of sp³-hybridized carbons (Fsp3) is 0.500. The maximum atomic E-state index is 11.8. The van der Waals surface area contributed by atoms with Gasteiger partial charge in [0.25, 0.3) is 5.91 Å². The van der Waals surface area contributed by atoms with Gasteiger partial charge in [-0.15, -0.1) is 0 Å². The number of aromatic nitrogens is 3. The van der Waals surface area contributed by atoms with Crippen molar-refractivity contribution >= 4 is 11.6 Å². The predicted molar refractivity (Wildman–Crippen MR) is 97.6 cm³/mol. The SMILES string of the molecule is CCn1cc(CN2CCCN(c3ccnc(C(=O)NC)c3)CC2)cn1. The second kappa shape index (κ2) is 8.11. The van der Waals surface area contributed by atoms with Crippen molar-refractivity contribution < 1.29 is 4.79 Å². The molecule has 7 nitrogen and oxygen atoms in total. The van der Waals surface area contributed by atoms with Gasteiger partial charge in [0.15, 0.2) is 0 Å². The zero-order valence-electron chi connectivity index (χ0n) is 15.0. The Morgan fingerprint density at radius 3 is 2.92 bits per heavy atom. The van der Waals surface area contributed by atoms with Crippen LogP contribution in [0.15, 0.2) is 30.7 Å². The molecule has 2 aromatic heterocycles. The molecule has 134 valence electrons. The van der Waals surface area contributed by atoms with Crippen LogP contribution in [0, 0.1) is 0 Å². The Morgan fingerprint density at radius 1 is 1.28 bits per heavy atom. The molecule has 0 unspecified atom stereocenters. The van der Waals surface area contributed by atoms with Crippen molar-refractivity contribution in [2.75, 3.05) is 38.1 Å². The smallest absolute Gasteiger partial charge is 0.269 e. The zero-order valence-corrected chi connectivity index (χ0v) is 15.0. The fourth-order valence-corrected chi connectivity index (χ4v) is 3.17. The number of hydrogen-bond donors (Lipinski definition) is 1. The van der Waals surface area contributed by atoms with Crippen LogP contribution in [0.3, 0.4) is 0 Å². The quantitative estimate of drug-likeness (QED) is 0.889. The predicted octanol–water partition coefficient (Wildman–Crippen LogP) is 1.37. The molecule has 1 saturated heterocycles. The lowest BCUT2D eigenvalue weighted by Gasteiger charge is -2.23. The van der Waals surface area contributed by atoms with Gasteiger partial charge in [0.1, 0.15) is 5.69 Å². The summed E-state index contributed by atoms with van der Waals surface area (Å²) >= 11 is 0. The molecule has 0 saturated carbocycles. The molecule has 3 heterocycles. The third-order valence-corrected chi connectivity index (χ3v) is 4.57. The number of rotatable bonds is 5. The molecule has 2 aromatic rings. The van der Waals surface area contributed by atoms with Gasteiger partial charge < -0.3 is 10.2 Å². The highest BCUT2D eigenvalue weighted by molar-refractivity contribution is 5.92. The van der Waals surface area contributed by atoms with Crippen molar-refractivity contribution in [3.8, 4) is 0 Å². The molecule has 0 spiro atoms. The Bertz CT molecular complexity index is 713. The van der Waals surface area contributed by atoms with Crippen LogP contribution in [0.25, 0.3) is 0 Å². The molecule has 3 rings (SSSR count). The Kier molecular flexibility index (Phi) is 5.65. The Hall–Kier alpha value is -2.41. The molecule has 0 bridgehead atoms. The first-order valence-electron chi connectivity index (χ1n) is 8.86. The first-order valence-corrected chi connectivity index (χ1v) is 8.86. The lowest BCUT2D eigenvalue weighted by atomic mass is 10.2. The van der Waals surface area contributed by atoms with Crippen LogP contribution in [0.4, 0.5) is 5.69 Å². The van der Waals surface area contributed by atoms with Crippen LogP contribution >= 0.6 is 0 Å². The third kappa shape index (κ3) is 4.36. The molecule has 0 atom stereocenters. The van der Waals surface area contributed by atoms with Crippen LogP contribution in [0.5, 0.6) is 0 Å². The third-order valence-electron chi connectivity index (χ3n) is 4.57. The molecule has 25 heavy (non-hydrogen) atoms. The number of nitrogens with zero attached hydrogens (tertiary/aromatic N) is 5. The van der Waals surface area contributed by atoms with Crippen molar-refractivity contribution in [2.45, 2.75) is 26.4 Å². The highest BCUT2D eigenvalue weighted by Gasteiger charge is 2.17. The minimum atomic E-state index is -0.147. The molecule has 1 amide bonds. The molecule has 1 aliphatic rings. The van der Waals surface area contributed by atoms with E-state index in [1.807, 2.05) is 23.0 Å². The van der Waals surface area contributed by atoms with E-state index in [2.05, 4.69) is 38.3 Å². The summed E-state index contributed by atoms with van der Waals surface area (Å²) in [5.74, 6) is -0.147. The van der Waals surface area contributed by atoms with E-state index in [-0.39, 0.29) is 5.91 Å². The lowest BCUT2D eigenvalue weighted by Crippen LogP contribution is -2.30. The molecule has 7 heteroatoms. The maximum absolute atomic E-state index is 11.8. The number of pyridine rings is 1. The van der Waals surface area contributed by atoms with Gasteiger partial charge in [-0.1, -0.05) is 0 Å². The Morgan fingerprint density at radius 2 is 2.16 bits per heavy atom. The summed E-state index contributed by atoms with van der Waals surface area (Å²) in [5, 5.41) is 6.98. The molecule has 1 fully saturated rings. The largest absolute Gasteiger partial charge is 0.370 e. The first-order chi connectivity index (χ1) is 12.2. The summed E-state index contributed by atoms with van der Waals surface area (Å²) in [6.45, 7) is 7.94. The lowest BCUT2D eigenvalue weighted by molar-refractivity contribution is 0.0958. The average molecular weight is 342 g/mol. The molecule has 0 radical (unpaired) electrons. The number of anilines is 1. The van der Waals surface area contributed by atoms with Crippen molar-refractivity contribution in [2.24, 2.45) is 0 Å². The van der Waals surface area contributed by atoms with Gasteiger partial charge >= 0.3 is 0 Å². The van der Waals surface area contributed by atoms with Crippen LogP contribution in [0.1, 0.15) is 29.4 Å². The zero-order chi connectivity index (χ0) is 17.6. The normalized spacial score (nSPS) is 15.8. The fourth-order valence-electron chi connectivity index (χ4n) is 3.17. The van der Waals surface area contributed by atoms with E-state index in [9.17, 15) is 4.79 Å². The molecular weight excluding hydrogens is 316 g/mol. The van der Waals surface area contributed by atoms with Gasteiger partial charge in [0.05, 0.1) is 6.20 Å².